The van der Waals surface area contributed by atoms with Gasteiger partial charge in [0.15, 0.2) is 0 Å². The highest BCUT2D eigenvalue weighted by Crippen LogP contribution is 2.28. The average Bonchev–Trinajstić information content (AvgIpc) is 2.33. The van der Waals surface area contributed by atoms with E-state index in [2.05, 4.69) is 4.90 Å². The van der Waals surface area contributed by atoms with E-state index in [9.17, 15) is 8.78 Å². The molecule has 1 aromatic carbocycles. The van der Waals surface area contributed by atoms with Gasteiger partial charge in [-0.1, -0.05) is 24.3 Å². The molecule has 94 valence electrons. The van der Waals surface area contributed by atoms with Crippen molar-refractivity contribution in [3.63, 3.8) is 0 Å². The number of nitrogens with two attached hydrogens (primary N) is 1. The number of likely N-dealkylation sites (tertiary alicyclic amines) is 1. The van der Waals surface area contributed by atoms with Gasteiger partial charge >= 0.3 is 0 Å². The van der Waals surface area contributed by atoms with Gasteiger partial charge in [-0.2, -0.15) is 0 Å². The van der Waals surface area contributed by atoms with E-state index in [1.807, 2.05) is 24.3 Å². The van der Waals surface area contributed by atoms with Crippen molar-refractivity contribution in [3.8, 4) is 0 Å². The summed E-state index contributed by atoms with van der Waals surface area (Å²) >= 11 is 0. The fourth-order valence-corrected chi connectivity index (χ4v) is 2.08. The van der Waals surface area contributed by atoms with E-state index in [1.54, 1.807) is 0 Å². The van der Waals surface area contributed by atoms with Crippen LogP contribution in [0.4, 0.5) is 8.78 Å². The summed E-state index contributed by atoms with van der Waals surface area (Å²) < 4.78 is 25.9. The van der Waals surface area contributed by atoms with Gasteiger partial charge in [0.25, 0.3) is 5.92 Å². The number of hydrogen-bond acceptors (Lipinski definition) is 2. The number of alkyl halides is 2. The molecule has 4 heteroatoms. The van der Waals surface area contributed by atoms with Crippen molar-refractivity contribution in [1.29, 1.82) is 0 Å². The zero-order valence-electron chi connectivity index (χ0n) is 9.83. The average molecular weight is 240 g/mol. The van der Waals surface area contributed by atoms with Gasteiger partial charge in [-0.05, 0) is 11.1 Å². The minimum Gasteiger partial charge on any atom is -0.326 e. The molecule has 0 amide bonds. The minimum absolute atomic E-state index is 0.0200. The molecule has 0 spiro atoms. The number of halogens is 2. The van der Waals surface area contributed by atoms with Crippen LogP contribution in [-0.2, 0) is 13.1 Å². The fourth-order valence-electron chi connectivity index (χ4n) is 2.08. The van der Waals surface area contributed by atoms with Crippen molar-refractivity contribution in [1.82, 2.24) is 4.90 Å². The van der Waals surface area contributed by atoms with Crippen molar-refractivity contribution < 1.29 is 8.78 Å². The van der Waals surface area contributed by atoms with Crippen LogP contribution in [0.15, 0.2) is 24.3 Å². The van der Waals surface area contributed by atoms with Gasteiger partial charge in [0, 0.05) is 39.0 Å². The zero-order chi connectivity index (χ0) is 12.3. The molecule has 1 aliphatic heterocycles. The quantitative estimate of drug-likeness (QED) is 0.879. The molecule has 0 saturated carbocycles. The first-order chi connectivity index (χ1) is 8.09. The first-order valence-corrected chi connectivity index (χ1v) is 5.97. The Hall–Kier alpha value is -1.00. The molecule has 0 unspecified atom stereocenters. The Bertz CT molecular complexity index is 352. The van der Waals surface area contributed by atoms with Gasteiger partial charge in [-0.3, -0.25) is 4.90 Å². The number of nitrogens with zero attached hydrogens (tertiary/aromatic N) is 1. The van der Waals surface area contributed by atoms with Crippen LogP contribution in [0.2, 0.25) is 0 Å². The lowest BCUT2D eigenvalue weighted by atomic mass is 10.1. The summed E-state index contributed by atoms with van der Waals surface area (Å²) in [5.74, 6) is -2.46. The summed E-state index contributed by atoms with van der Waals surface area (Å²) in [7, 11) is 0. The van der Waals surface area contributed by atoms with Crippen molar-refractivity contribution in [3.05, 3.63) is 35.4 Å². The Morgan fingerprint density at radius 1 is 1.06 bits per heavy atom. The van der Waals surface area contributed by atoms with Gasteiger partial charge < -0.3 is 5.73 Å². The lowest BCUT2D eigenvalue weighted by Gasteiger charge is -2.31. The van der Waals surface area contributed by atoms with Crippen molar-refractivity contribution >= 4 is 0 Å². The smallest absolute Gasteiger partial charge is 0.250 e. The molecule has 2 nitrogen and oxygen atoms in total. The Morgan fingerprint density at radius 3 is 2.12 bits per heavy atom. The van der Waals surface area contributed by atoms with E-state index < -0.39 is 5.92 Å². The maximum absolute atomic E-state index is 13.0. The summed E-state index contributed by atoms with van der Waals surface area (Å²) in [5, 5.41) is 0. The molecule has 2 rings (SSSR count). The third-order valence-corrected chi connectivity index (χ3v) is 3.25. The van der Waals surface area contributed by atoms with Gasteiger partial charge in [-0.15, -0.1) is 0 Å². The van der Waals surface area contributed by atoms with E-state index in [-0.39, 0.29) is 12.8 Å². The van der Waals surface area contributed by atoms with Gasteiger partial charge in [0.2, 0.25) is 0 Å². The van der Waals surface area contributed by atoms with E-state index in [0.29, 0.717) is 19.6 Å². The predicted molar refractivity (Wildman–Crippen MR) is 63.8 cm³/mol. The third kappa shape index (κ3) is 3.48. The Labute approximate surface area is 100 Å². The molecule has 1 heterocycles. The summed E-state index contributed by atoms with van der Waals surface area (Å²) in [6.45, 7) is 2.24. The maximum Gasteiger partial charge on any atom is 0.250 e. The molecule has 0 atom stereocenters. The van der Waals surface area contributed by atoms with Crippen LogP contribution in [-0.4, -0.2) is 23.9 Å². The Morgan fingerprint density at radius 2 is 1.59 bits per heavy atom. The number of rotatable bonds is 3. The molecule has 0 radical (unpaired) electrons. The largest absolute Gasteiger partial charge is 0.326 e. The van der Waals surface area contributed by atoms with E-state index in [0.717, 1.165) is 17.7 Å². The fraction of sp³-hybridized carbons (Fsp3) is 0.538. The minimum atomic E-state index is -2.46. The molecule has 1 saturated heterocycles. The van der Waals surface area contributed by atoms with Crippen molar-refractivity contribution in [2.75, 3.05) is 13.1 Å². The third-order valence-electron chi connectivity index (χ3n) is 3.25. The summed E-state index contributed by atoms with van der Waals surface area (Å²) in [6.07, 6.45) is -0.0399. The molecule has 0 bridgehead atoms. The topological polar surface area (TPSA) is 29.3 Å². The highest BCUT2D eigenvalue weighted by Gasteiger charge is 2.33. The molecule has 1 fully saturated rings. The molecule has 0 aliphatic carbocycles. The molecule has 1 aliphatic rings. The van der Waals surface area contributed by atoms with E-state index in [4.69, 9.17) is 5.73 Å². The SMILES string of the molecule is NCc1ccc(CN2CCC(F)(F)CC2)cc1. The second kappa shape index (κ2) is 5.10. The molecule has 1 aromatic rings. The zero-order valence-corrected chi connectivity index (χ0v) is 9.83. The molecule has 0 aromatic heterocycles. The van der Waals surface area contributed by atoms with Crippen LogP contribution < -0.4 is 5.73 Å². The van der Waals surface area contributed by atoms with Gasteiger partial charge in [0.1, 0.15) is 0 Å². The Kier molecular flexibility index (Phi) is 3.74. The lowest BCUT2D eigenvalue weighted by molar-refractivity contribution is -0.0566. The maximum atomic E-state index is 13.0. The summed E-state index contributed by atoms with van der Waals surface area (Å²) in [5.41, 5.74) is 7.78. The Balaban J connectivity index is 1.89. The monoisotopic (exact) mass is 240 g/mol. The number of piperidine rings is 1. The van der Waals surface area contributed by atoms with Gasteiger partial charge in [-0.25, -0.2) is 8.78 Å². The highest BCUT2D eigenvalue weighted by molar-refractivity contribution is 5.22. The highest BCUT2D eigenvalue weighted by atomic mass is 19.3. The number of hydrogen-bond donors (Lipinski definition) is 1. The molecule has 2 N–H and O–H groups in total. The second-order valence-corrected chi connectivity index (χ2v) is 4.65. The van der Waals surface area contributed by atoms with Gasteiger partial charge in [0.05, 0.1) is 0 Å². The van der Waals surface area contributed by atoms with Crippen LogP contribution in [0.1, 0.15) is 24.0 Å². The lowest BCUT2D eigenvalue weighted by Crippen LogP contribution is -2.38. The molecular formula is C13H18F2N2. The second-order valence-electron chi connectivity index (χ2n) is 4.65. The molecular weight excluding hydrogens is 222 g/mol. The van der Waals surface area contributed by atoms with Crippen LogP contribution in [0.5, 0.6) is 0 Å². The van der Waals surface area contributed by atoms with Crippen LogP contribution in [0, 0.1) is 0 Å². The van der Waals surface area contributed by atoms with Crippen molar-refractivity contribution in [2.45, 2.75) is 31.9 Å². The predicted octanol–water partition coefficient (Wildman–Crippen LogP) is 2.38. The first-order valence-electron chi connectivity index (χ1n) is 5.97. The standard InChI is InChI=1S/C13H18F2N2/c14-13(15)5-7-17(8-6-13)10-12-3-1-11(9-16)2-4-12/h1-4H,5-10,16H2. The summed E-state index contributed by atoms with van der Waals surface area (Å²) in [6, 6.07) is 8.03. The normalized spacial score (nSPS) is 20.4. The van der Waals surface area contributed by atoms with Crippen LogP contribution in [0.3, 0.4) is 0 Å². The van der Waals surface area contributed by atoms with E-state index >= 15 is 0 Å². The number of benzene rings is 1. The van der Waals surface area contributed by atoms with Crippen LogP contribution in [0.25, 0.3) is 0 Å². The molecule has 17 heavy (non-hydrogen) atoms. The first kappa shape index (κ1) is 12.5. The van der Waals surface area contributed by atoms with Crippen molar-refractivity contribution in [2.24, 2.45) is 5.73 Å². The summed E-state index contributed by atoms with van der Waals surface area (Å²) in [4.78, 5) is 2.08. The van der Waals surface area contributed by atoms with Crippen LogP contribution >= 0.6 is 0 Å². The van der Waals surface area contributed by atoms with E-state index in [1.165, 1.54) is 0 Å².